The molecule has 2 heteroatoms. The van der Waals surface area contributed by atoms with Crippen LogP contribution < -0.4 is 5.73 Å². The summed E-state index contributed by atoms with van der Waals surface area (Å²) in [6.45, 7) is 3.80. The van der Waals surface area contributed by atoms with Crippen molar-refractivity contribution < 1.29 is 4.79 Å². The van der Waals surface area contributed by atoms with Crippen LogP contribution >= 0.6 is 0 Å². The van der Waals surface area contributed by atoms with Crippen LogP contribution in [0.1, 0.15) is 33.1 Å². The molecule has 0 heterocycles. The van der Waals surface area contributed by atoms with Crippen LogP contribution in [0.4, 0.5) is 0 Å². The fraction of sp³-hybridized carbons (Fsp3) is 0.857. The van der Waals surface area contributed by atoms with Crippen molar-refractivity contribution in [2.24, 2.45) is 5.73 Å². The van der Waals surface area contributed by atoms with E-state index in [0.29, 0.717) is 18.6 Å². The van der Waals surface area contributed by atoms with Gasteiger partial charge >= 0.3 is 0 Å². The van der Waals surface area contributed by atoms with E-state index in [1.54, 1.807) is 0 Å². The van der Waals surface area contributed by atoms with Gasteiger partial charge in [0.2, 0.25) is 0 Å². The third kappa shape index (κ3) is 5.50. The third-order valence-corrected chi connectivity index (χ3v) is 1.27. The van der Waals surface area contributed by atoms with Gasteiger partial charge in [-0.1, -0.05) is 6.92 Å². The van der Waals surface area contributed by atoms with E-state index in [1.165, 1.54) is 0 Å². The maximum atomic E-state index is 10.7. The lowest BCUT2D eigenvalue weighted by Crippen LogP contribution is -2.15. The van der Waals surface area contributed by atoms with E-state index in [-0.39, 0.29) is 6.04 Å². The second-order valence-corrected chi connectivity index (χ2v) is 2.41. The van der Waals surface area contributed by atoms with Gasteiger partial charge in [0, 0.05) is 18.9 Å². The molecule has 54 valence electrons. The molecule has 1 atom stereocenters. The Balaban J connectivity index is 3.17. The molecule has 1 unspecified atom stereocenters. The molecule has 0 aromatic carbocycles. The number of nitrogens with two attached hydrogens (primary N) is 1. The van der Waals surface area contributed by atoms with E-state index < -0.39 is 0 Å². The minimum absolute atomic E-state index is 0.167. The molecular weight excluding hydrogens is 114 g/mol. The summed E-state index contributed by atoms with van der Waals surface area (Å²) in [6, 6.07) is 0.167. The molecule has 0 aliphatic carbocycles. The van der Waals surface area contributed by atoms with E-state index >= 15 is 0 Å². The van der Waals surface area contributed by atoms with Crippen LogP contribution in [0.5, 0.6) is 0 Å². The minimum atomic E-state index is 0.167. The largest absolute Gasteiger partial charge is 0.328 e. The fourth-order valence-electron chi connectivity index (χ4n) is 0.565. The Morgan fingerprint density at radius 2 is 2.22 bits per heavy atom. The molecule has 0 saturated heterocycles. The van der Waals surface area contributed by atoms with Gasteiger partial charge in [-0.25, -0.2) is 0 Å². The minimum Gasteiger partial charge on any atom is -0.328 e. The number of carbonyl (C=O) groups is 1. The average Bonchev–Trinajstić information content (AvgIpc) is 1.83. The lowest BCUT2D eigenvalue weighted by Gasteiger charge is -2.00. The first-order valence-corrected chi connectivity index (χ1v) is 3.44. The van der Waals surface area contributed by atoms with Gasteiger partial charge in [-0.2, -0.15) is 0 Å². The topological polar surface area (TPSA) is 43.1 Å². The highest BCUT2D eigenvalue weighted by Gasteiger charge is 1.99. The molecule has 2 nitrogen and oxygen atoms in total. The number of hydrogen-bond donors (Lipinski definition) is 1. The summed E-state index contributed by atoms with van der Waals surface area (Å²) < 4.78 is 0. The highest BCUT2D eigenvalue weighted by atomic mass is 16.1. The second-order valence-electron chi connectivity index (χ2n) is 2.41. The van der Waals surface area contributed by atoms with Crippen molar-refractivity contribution in [1.29, 1.82) is 0 Å². The van der Waals surface area contributed by atoms with Crippen LogP contribution in [0.2, 0.25) is 0 Å². The Bertz CT molecular complexity index is 88.9. The zero-order valence-corrected chi connectivity index (χ0v) is 6.18. The summed E-state index contributed by atoms with van der Waals surface area (Å²) in [7, 11) is 0. The molecule has 0 aliphatic heterocycles. The van der Waals surface area contributed by atoms with Crippen molar-refractivity contribution in [3.63, 3.8) is 0 Å². The van der Waals surface area contributed by atoms with E-state index in [0.717, 1.165) is 6.42 Å². The molecule has 0 aliphatic rings. The molecular formula is C7H15NO. The lowest BCUT2D eigenvalue weighted by atomic mass is 10.1. The molecule has 0 aromatic heterocycles. The van der Waals surface area contributed by atoms with E-state index in [4.69, 9.17) is 5.73 Å². The van der Waals surface area contributed by atoms with E-state index in [1.807, 2.05) is 13.8 Å². The molecule has 2 N–H and O–H groups in total. The highest BCUT2D eigenvalue weighted by molar-refractivity contribution is 5.77. The Kier molecular flexibility index (Phi) is 4.32. The summed E-state index contributed by atoms with van der Waals surface area (Å²) in [5.74, 6) is 0.312. The van der Waals surface area contributed by atoms with Crippen molar-refractivity contribution in [1.82, 2.24) is 0 Å². The van der Waals surface area contributed by atoms with E-state index in [2.05, 4.69) is 0 Å². The van der Waals surface area contributed by atoms with Gasteiger partial charge < -0.3 is 5.73 Å². The maximum Gasteiger partial charge on any atom is 0.132 e. The Morgan fingerprint density at radius 3 is 2.56 bits per heavy atom. The van der Waals surface area contributed by atoms with Crippen LogP contribution in [0.25, 0.3) is 0 Å². The smallest absolute Gasteiger partial charge is 0.132 e. The molecule has 0 fully saturated rings. The molecule has 0 saturated carbocycles. The predicted molar refractivity (Wildman–Crippen MR) is 38.2 cm³/mol. The first-order chi connectivity index (χ1) is 4.16. The number of rotatable bonds is 4. The van der Waals surface area contributed by atoms with Crippen LogP contribution in [-0.2, 0) is 4.79 Å². The molecule has 0 rings (SSSR count). The van der Waals surface area contributed by atoms with Crippen molar-refractivity contribution in [3.05, 3.63) is 0 Å². The molecule has 0 amide bonds. The molecule has 0 aromatic rings. The summed E-state index contributed by atoms with van der Waals surface area (Å²) in [6.07, 6.45) is 2.12. The van der Waals surface area contributed by atoms with Gasteiger partial charge in [0.05, 0.1) is 0 Å². The standard InChI is InChI=1S/C7H15NO/c1-3-7(9)5-4-6(2)8/h6H,3-5,8H2,1-2H3. The normalized spacial score (nSPS) is 13.2. The van der Waals surface area contributed by atoms with Gasteiger partial charge in [0.1, 0.15) is 5.78 Å². The first kappa shape index (κ1) is 8.63. The summed E-state index contributed by atoms with van der Waals surface area (Å²) in [4.78, 5) is 10.7. The van der Waals surface area contributed by atoms with Gasteiger partial charge in [-0.15, -0.1) is 0 Å². The number of hydrogen-bond acceptors (Lipinski definition) is 2. The monoisotopic (exact) mass is 129 g/mol. The Labute approximate surface area is 56.4 Å². The third-order valence-electron chi connectivity index (χ3n) is 1.27. The zero-order valence-electron chi connectivity index (χ0n) is 6.18. The van der Waals surface area contributed by atoms with Crippen LogP contribution in [-0.4, -0.2) is 11.8 Å². The first-order valence-electron chi connectivity index (χ1n) is 3.44. The van der Waals surface area contributed by atoms with Crippen LogP contribution in [0.3, 0.4) is 0 Å². The van der Waals surface area contributed by atoms with Gasteiger partial charge in [0.15, 0.2) is 0 Å². The average molecular weight is 129 g/mol. The van der Waals surface area contributed by atoms with Crippen molar-refractivity contribution >= 4 is 5.78 Å². The van der Waals surface area contributed by atoms with E-state index in [9.17, 15) is 4.79 Å². The maximum absolute atomic E-state index is 10.7. The van der Waals surface area contributed by atoms with Crippen LogP contribution in [0, 0.1) is 0 Å². The predicted octanol–water partition coefficient (Wildman–Crippen LogP) is 1.09. The van der Waals surface area contributed by atoms with Gasteiger partial charge in [-0.05, 0) is 13.3 Å². The molecule has 0 spiro atoms. The zero-order chi connectivity index (χ0) is 7.28. The highest BCUT2D eigenvalue weighted by Crippen LogP contribution is 1.96. The van der Waals surface area contributed by atoms with Crippen molar-refractivity contribution in [2.75, 3.05) is 0 Å². The SMILES string of the molecule is CCC(=O)CCC(C)N. The van der Waals surface area contributed by atoms with Crippen molar-refractivity contribution in [3.8, 4) is 0 Å². The summed E-state index contributed by atoms with van der Waals surface area (Å²) in [5, 5.41) is 0. The quantitative estimate of drug-likeness (QED) is 0.617. The summed E-state index contributed by atoms with van der Waals surface area (Å²) >= 11 is 0. The van der Waals surface area contributed by atoms with Crippen molar-refractivity contribution in [2.45, 2.75) is 39.2 Å². The number of Topliss-reactive ketones (excluding diaryl/α,β-unsaturated/α-hetero) is 1. The molecule has 9 heavy (non-hydrogen) atoms. The lowest BCUT2D eigenvalue weighted by molar-refractivity contribution is -0.118. The van der Waals surface area contributed by atoms with Gasteiger partial charge in [-0.3, -0.25) is 4.79 Å². The number of ketones is 1. The molecule has 0 radical (unpaired) electrons. The second kappa shape index (κ2) is 4.50. The van der Waals surface area contributed by atoms with Gasteiger partial charge in [0.25, 0.3) is 0 Å². The molecule has 0 bridgehead atoms. The number of carbonyl (C=O) groups excluding carboxylic acids is 1. The fourth-order valence-corrected chi connectivity index (χ4v) is 0.565. The van der Waals surface area contributed by atoms with Crippen LogP contribution in [0.15, 0.2) is 0 Å². The summed E-state index contributed by atoms with van der Waals surface area (Å²) in [5.41, 5.74) is 5.44. The Hall–Kier alpha value is -0.370. The Morgan fingerprint density at radius 1 is 1.67 bits per heavy atom.